The Hall–Kier alpha value is -2.80. The van der Waals surface area contributed by atoms with Crippen LogP contribution in [-0.4, -0.2) is 34.6 Å². The summed E-state index contributed by atoms with van der Waals surface area (Å²) >= 11 is 1.67. The molecule has 0 amide bonds. The van der Waals surface area contributed by atoms with Gasteiger partial charge in [-0.25, -0.2) is 9.97 Å². The lowest BCUT2D eigenvalue weighted by atomic mass is 9.95. The summed E-state index contributed by atoms with van der Waals surface area (Å²) in [5.41, 5.74) is 4.85. The summed E-state index contributed by atoms with van der Waals surface area (Å²) in [6.45, 7) is 2.19. The zero-order valence-corrected chi connectivity index (χ0v) is 20.2. The van der Waals surface area contributed by atoms with Gasteiger partial charge in [0.1, 0.15) is 5.01 Å². The Morgan fingerprint density at radius 2 is 1.97 bits per heavy atom. The van der Waals surface area contributed by atoms with Crippen molar-refractivity contribution in [3.63, 3.8) is 0 Å². The molecule has 0 bridgehead atoms. The average molecular weight is 466 g/mol. The molecule has 0 fully saturated rings. The number of carbonyl (C=O) groups is 1. The molecular formula is C26H31N3O3S. The molecule has 0 aliphatic heterocycles. The molecule has 1 aliphatic carbocycles. The molecule has 1 unspecified atom stereocenters. The van der Waals surface area contributed by atoms with E-state index < -0.39 is 0 Å². The van der Waals surface area contributed by atoms with Crippen molar-refractivity contribution >= 4 is 17.3 Å². The van der Waals surface area contributed by atoms with Crippen molar-refractivity contribution in [2.45, 2.75) is 64.2 Å². The molecule has 3 aromatic rings. The quantitative estimate of drug-likeness (QED) is 0.389. The van der Waals surface area contributed by atoms with E-state index in [0.29, 0.717) is 12.5 Å². The molecule has 33 heavy (non-hydrogen) atoms. The first-order valence-corrected chi connectivity index (χ1v) is 12.6. The van der Waals surface area contributed by atoms with Crippen molar-refractivity contribution in [1.29, 1.82) is 0 Å². The van der Waals surface area contributed by atoms with Crippen LogP contribution in [0.25, 0.3) is 0 Å². The fourth-order valence-electron chi connectivity index (χ4n) is 4.26. The van der Waals surface area contributed by atoms with E-state index in [0.717, 1.165) is 36.3 Å². The molecule has 0 saturated heterocycles. The Labute approximate surface area is 199 Å². The number of methoxy groups -OCH3 is 1. The van der Waals surface area contributed by atoms with Gasteiger partial charge in [-0.3, -0.25) is 9.78 Å². The minimum Gasteiger partial charge on any atom is -0.481 e. The lowest BCUT2D eigenvalue weighted by Gasteiger charge is -2.15. The maximum atomic E-state index is 12.3. The number of hydrogen-bond acceptors (Lipinski definition) is 7. The Kier molecular flexibility index (Phi) is 8.05. The predicted molar refractivity (Wildman–Crippen MR) is 129 cm³/mol. The van der Waals surface area contributed by atoms with Gasteiger partial charge < -0.3 is 9.47 Å². The molecule has 7 heteroatoms. The van der Waals surface area contributed by atoms with Gasteiger partial charge in [-0.2, -0.15) is 0 Å². The second kappa shape index (κ2) is 11.4. The van der Waals surface area contributed by atoms with Crippen LogP contribution in [0.2, 0.25) is 0 Å². The van der Waals surface area contributed by atoms with E-state index in [1.807, 2.05) is 25.3 Å². The van der Waals surface area contributed by atoms with E-state index >= 15 is 0 Å². The first kappa shape index (κ1) is 23.4. The van der Waals surface area contributed by atoms with Crippen LogP contribution >= 0.6 is 11.3 Å². The van der Waals surface area contributed by atoms with Crippen LogP contribution in [0.5, 0.6) is 5.88 Å². The smallest absolute Gasteiger partial charge is 0.306 e. The van der Waals surface area contributed by atoms with Gasteiger partial charge in [0, 0.05) is 40.6 Å². The minimum absolute atomic E-state index is 0.177. The third kappa shape index (κ3) is 6.16. The van der Waals surface area contributed by atoms with Gasteiger partial charge in [-0.1, -0.05) is 12.1 Å². The maximum Gasteiger partial charge on any atom is 0.306 e. The number of carbonyl (C=O) groups excluding carboxylic acids is 1. The Balaban J connectivity index is 1.41. The second-order valence-electron chi connectivity index (χ2n) is 8.33. The van der Waals surface area contributed by atoms with Crippen molar-refractivity contribution < 1.29 is 14.3 Å². The van der Waals surface area contributed by atoms with E-state index in [1.54, 1.807) is 24.6 Å². The van der Waals surface area contributed by atoms with Gasteiger partial charge in [0.25, 0.3) is 0 Å². The third-order valence-electron chi connectivity index (χ3n) is 6.01. The largest absolute Gasteiger partial charge is 0.481 e. The van der Waals surface area contributed by atoms with Crippen molar-refractivity contribution in [2.24, 2.45) is 0 Å². The lowest BCUT2D eigenvalue weighted by Crippen LogP contribution is -2.11. The van der Waals surface area contributed by atoms with Gasteiger partial charge in [-0.15, -0.1) is 11.3 Å². The van der Waals surface area contributed by atoms with Gasteiger partial charge in [0.15, 0.2) is 0 Å². The summed E-state index contributed by atoms with van der Waals surface area (Å²) in [7, 11) is 1.59. The SMILES string of the molecule is CCOC(=O)CC(c1ccc(OC)nc1)c1ncc(CCCc2ccc3c(n2)CCCC3)s1. The molecule has 0 spiro atoms. The number of rotatable bonds is 10. The fourth-order valence-corrected chi connectivity index (χ4v) is 5.35. The molecule has 0 radical (unpaired) electrons. The average Bonchev–Trinajstić information content (AvgIpc) is 3.31. The normalized spacial score (nSPS) is 13.9. The summed E-state index contributed by atoms with van der Waals surface area (Å²) in [4.78, 5) is 27.4. The molecule has 0 aromatic carbocycles. The molecule has 3 aromatic heterocycles. The van der Waals surface area contributed by atoms with Crippen molar-refractivity contribution in [1.82, 2.24) is 15.0 Å². The fraction of sp³-hybridized carbons (Fsp3) is 0.462. The molecule has 6 nitrogen and oxygen atoms in total. The molecule has 1 atom stereocenters. The van der Waals surface area contributed by atoms with Crippen LogP contribution in [0.4, 0.5) is 0 Å². The number of esters is 1. The van der Waals surface area contributed by atoms with E-state index in [2.05, 4.69) is 22.1 Å². The van der Waals surface area contributed by atoms with Gasteiger partial charge in [-0.05, 0) is 69.1 Å². The van der Waals surface area contributed by atoms with Crippen LogP contribution < -0.4 is 4.74 Å². The Morgan fingerprint density at radius 1 is 1.09 bits per heavy atom. The molecular weight excluding hydrogens is 434 g/mol. The standard InChI is InChI=1S/C26H31N3O3S/c1-3-32-25(30)15-22(19-12-14-24(31-2)27-16-19)26-28-17-21(33-26)9-6-8-20-13-11-18-7-4-5-10-23(18)29-20/h11-14,16-17,22H,3-10,15H2,1-2H3. The van der Waals surface area contributed by atoms with Crippen molar-refractivity contribution in [2.75, 3.05) is 13.7 Å². The summed E-state index contributed by atoms with van der Waals surface area (Å²) in [6.07, 6.45) is 11.7. The molecule has 174 valence electrons. The van der Waals surface area contributed by atoms with Crippen LogP contribution in [0.1, 0.15) is 70.9 Å². The topological polar surface area (TPSA) is 74.2 Å². The van der Waals surface area contributed by atoms with Crippen LogP contribution in [0.15, 0.2) is 36.7 Å². The summed E-state index contributed by atoms with van der Waals surface area (Å²) in [6, 6.07) is 8.21. The van der Waals surface area contributed by atoms with Crippen LogP contribution in [0.3, 0.4) is 0 Å². The molecule has 0 N–H and O–H groups in total. The highest BCUT2D eigenvalue weighted by Crippen LogP contribution is 2.32. The number of aromatic nitrogens is 3. The highest BCUT2D eigenvalue weighted by molar-refractivity contribution is 7.11. The second-order valence-corrected chi connectivity index (χ2v) is 9.48. The van der Waals surface area contributed by atoms with E-state index in [-0.39, 0.29) is 18.3 Å². The zero-order chi connectivity index (χ0) is 23.0. The van der Waals surface area contributed by atoms with Crippen molar-refractivity contribution in [3.8, 4) is 5.88 Å². The summed E-state index contributed by atoms with van der Waals surface area (Å²) < 4.78 is 10.4. The predicted octanol–water partition coefficient (Wildman–Crippen LogP) is 5.08. The van der Waals surface area contributed by atoms with Crippen molar-refractivity contribution in [3.05, 3.63) is 69.1 Å². The molecule has 3 heterocycles. The van der Waals surface area contributed by atoms with Crippen LogP contribution in [0, 0.1) is 0 Å². The van der Waals surface area contributed by atoms with E-state index in [9.17, 15) is 4.79 Å². The number of nitrogens with zero attached hydrogens (tertiary/aromatic N) is 3. The Morgan fingerprint density at radius 3 is 2.76 bits per heavy atom. The number of thiazole rings is 1. The molecule has 1 aliphatic rings. The summed E-state index contributed by atoms with van der Waals surface area (Å²) in [5.74, 6) is 0.140. The Bertz CT molecular complexity index is 1060. The monoisotopic (exact) mass is 465 g/mol. The lowest BCUT2D eigenvalue weighted by molar-refractivity contribution is -0.143. The number of pyridine rings is 2. The number of aryl methyl sites for hydroxylation is 4. The van der Waals surface area contributed by atoms with Crippen LogP contribution in [-0.2, 0) is 35.2 Å². The van der Waals surface area contributed by atoms with Gasteiger partial charge in [0.2, 0.25) is 5.88 Å². The highest BCUT2D eigenvalue weighted by atomic mass is 32.1. The number of fused-ring (bicyclic) bond motifs is 1. The number of hydrogen-bond donors (Lipinski definition) is 0. The zero-order valence-electron chi connectivity index (χ0n) is 19.4. The maximum absolute atomic E-state index is 12.3. The molecule has 0 saturated carbocycles. The first-order chi connectivity index (χ1) is 16.2. The minimum atomic E-state index is -0.228. The van der Waals surface area contributed by atoms with E-state index in [1.165, 1.54) is 41.1 Å². The first-order valence-electron chi connectivity index (χ1n) is 11.7. The molecule has 4 rings (SSSR count). The highest BCUT2D eigenvalue weighted by Gasteiger charge is 2.23. The van der Waals surface area contributed by atoms with Gasteiger partial charge in [0.05, 0.1) is 20.1 Å². The number of ether oxygens (including phenoxy) is 2. The van der Waals surface area contributed by atoms with Gasteiger partial charge >= 0.3 is 5.97 Å². The third-order valence-corrected chi connectivity index (χ3v) is 7.18. The summed E-state index contributed by atoms with van der Waals surface area (Å²) in [5, 5.41) is 0.914. The van der Waals surface area contributed by atoms with E-state index in [4.69, 9.17) is 14.5 Å².